The second kappa shape index (κ2) is 6.78. The van der Waals surface area contributed by atoms with Gasteiger partial charge in [0.1, 0.15) is 0 Å². The molecule has 0 aliphatic heterocycles. The molecule has 0 atom stereocenters. The molecule has 0 aromatic heterocycles. The molecular weight excluding hydrogens is 272 g/mol. The number of nitrogens with zero attached hydrogens (tertiary/aromatic N) is 1. The van der Waals surface area contributed by atoms with Gasteiger partial charge < -0.3 is 10.6 Å². The van der Waals surface area contributed by atoms with E-state index in [1.807, 2.05) is 13.8 Å². The molecule has 0 aliphatic rings. The largest absolute Gasteiger partial charge is 0.368 e. The van der Waals surface area contributed by atoms with E-state index in [0.29, 0.717) is 12.6 Å². The molecule has 0 bridgehead atoms. The van der Waals surface area contributed by atoms with Gasteiger partial charge in [-0.25, -0.2) is 8.78 Å². The maximum Gasteiger partial charge on any atom is 0.295 e. The summed E-state index contributed by atoms with van der Waals surface area (Å²) >= 11 is 0. The van der Waals surface area contributed by atoms with Crippen LogP contribution in [0.15, 0.2) is 12.1 Å². The summed E-state index contributed by atoms with van der Waals surface area (Å²) < 4.78 is 26.6. The third kappa shape index (κ3) is 4.15. The highest BCUT2D eigenvalue weighted by Crippen LogP contribution is 2.28. The van der Waals surface area contributed by atoms with Crippen molar-refractivity contribution in [2.45, 2.75) is 13.8 Å². The summed E-state index contributed by atoms with van der Waals surface area (Å²) in [5.41, 5.74) is -1.25. The van der Waals surface area contributed by atoms with Gasteiger partial charge in [0.2, 0.25) is 5.91 Å². The molecule has 1 aromatic carbocycles. The van der Waals surface area contributed by atoms with Crippen molar-refractivity contribution in [2.24, 2.45) is 5.92 Å². The van der Waals surface area contributed by atoms with Gasteiger partial charge in [0, 0.05) is 12.6 Å². The highest BCUT2D eigenvalue weighted by molar-refractivity contribution is 5.81. The molecule has 1 aromatic rings. The molecule has 0 heterocycles. The summed E-state index contributed by atoms with van der Waals surface area (Å²) in [4.78, 5) is 21.3. The standard InChI is InChI=1S/C12H15F2N3O3/c1-7(2)5-15-10(18)6-16-12-9(17(19)20)4-3-8(13)11(12)14/h3-4,7,16H,5-6H2,1-2H3,(H,15,18). The van der Waals surface area contributed by atoms with E-state index >= 15 is 0 Å². The summed E-state index contributed by atoms with van der Waals surface area (Å²) in [6, 6.07) is 1.50. The fraction of sp³-hybridized carbons (Fsp3) is 0.417. The fourth-order valence-corrected chi connectivity index (χ4v) is 1.41. The number of hydrogen-bond acceptors (Lipinski definition) is 4. The summed E-state index contributed by atoms with van der Waals surface area (Å²) in [6.45, 7) is 3.83. The topological polar surface area (TPSA) is 84.3 Å². The lowest BCUT2D eigenvalue weighted by atomic mass is 10.2. The Morgan fingerprint density at radius 2 is 2.05 bits per heavy atom. The van der Waals surface area contributed by atoms with Crippen molar-refractivity contribution in [1.29, 1.82) is 0 Å². The van der Waals surface area contributed by atoms with Gasteiger partial charge in [-0.3, -0.25) is 14.9 Å². The van der Waals surface area contributed by atoms with Crippen molar-refractivity contribution < 1.29 is 18.5 Å². The Bertz CT molecular complexity index is 521. The average molecular weight is 287 g/mol. The molecule has 0 saturated heterocycles. The normalized spacial score (nSPS) is 10.4. The van der Waals surface area contributed by atoms with E-state index in [2.05, 4.69) is 10.6 Å². The molecule has 0 fully saturated rings. The van der Waals surface area contributed by atoms with E-state index in [0.717, 1.165) is 6.07 Å². The third-order valence-corrected chi connectivity index (χ3v) is 2.40. The number of benzene rings is 1. The molecule has 1 rings (SSSR count). The average Bonchev–Trinajstić information content (AvgIpc) is 2.37. The Labute approximate surface area is 114 Å². The van der Waals surface area contributed by atoms with Crippen molar-refractivity contribution in [1.82, 2.24) is 5.32 Å². The molecule has 0 unspecified atom stereocenters. The fourth-order valence-electron chi connectivity index (χ4n) is 1.41. The Balaban J connectivity index is 2.79. The second-order valence-corrected chi connectivity index (χ2v) is 4.56. The van der Waals surface area contributed by atoms with Crippen LogP contribution in [-0.4, -0.2) is 23.9 Å². The number of carbonyl (C=O) groups excluding carboxylic acids is 1. The predicted molar refractivity (Wildman–Crippen MR) is 69.3 cm³/mol. The van der Waals surface area contributed by atoms with Crippen LogP contribution >= 0.6 is 0 Å². The molecule has 1 amide bonds. The van der Waals surface area contributed by atoms with E-state index < -0.39 is 33.8 Å². The van der Waals surface area contributed by atoms with Crippen LogP contribution < -0.4 is 10.6 Å². The van der Waals surface area contributed by atoms with Crippen molar-refractivity contribution >= 4 is 17.3 Å². The van der Waals surface area contributed by atoms with Crippen LogP contribution in [0.2, 0.25) is 0 Å². The number of amides is 1. The molecule has 0 spiro atoms. The molecule has 20 heavy (non-hydrogen) atoms. The van der Waals surface area contributed by atoms with Crippen molar-refractivity contribution in [3.05, 3.63) is 33.9 Å². The van der Waals surface area contributed by atoms with E-state index in [1.165, 1.54) is 0 Å². The maximum atomic E-state index is 13.5. The van der Waals surface area contributed by atoms with Crippen LogP contribution in [0.1, 0.15) is 13.8 Å². The van der Waals surface area contributed by atoms with E-state index in [9.17, 15) is 23.7 Å². The molecule has 110 valence electrons. The first-order chi connectivity index (χ1) is 9.32. The Morgan fingerprint density at radius 1 is 1.40 bits per heavy atom. The lowest BCUT2D eigenvalue weighted by Crippen LogP contribution is -2.32. The second-order valence-electron chi connectivity index (χ2n) is 4.56. The number of nitrogens with one attached hydrogen (secondary N) is 2. The zero-order valence-electron chi connectivity index (χ0n) is 11.1. The van der Waals surface area contributed by atoms with Gasteiger partial charge in [-0.15, -0.1) is 0 Å². The number of halogens is 2. The van der Waals surface area contributed by atoms with Gasteiger partial charge in [-0.1, -0.05) is 13.8 Å². The lowest BCUT2D eigenvalue weighted by Gasteiger charge is -2.10. The minimum Gasteiger partial charge on any atom is -0.368 e. The van der Waals surface area contributed by atoms with Crippen LogP contribution in [0.4, 0.5) is 20.2 Å². The van der Waals surface area contributed by atoms with E-state index in [4.69, 9.17) is 0 Å². The zero-order chi connectivity index (χ0) is 15.3. The van der Waals surface area contributed by atoms with Gasteiger partial charge >= 0.3 is 0 Å². The van der Waals surface area contributed by atoms with E-state index in [-0.39, 0.29) is 12.5 Å². The first kappa shape index (κ1) is 15.8. The van der Waals surface area contributed by atoms with Crippen LogP contribution in [0.3, 0.4) is 0 Å². The Hall–Kier alpha value is -2.25. The summed E-state index contributed by atoms with van der Waals surface area (Å²) in [6.07, 6.45) is 0. The van der Waals surface area contributed by atoms with Crippen LogP contribution in [-0.2, 0) is 4.79 Å². The van der Waals surface area contributed by atoms with Gasteiger partial charge in [0.25, 0.3) is 5.69 Å². The molecule has 6 nitrogen and oxygen atoms in total. The van der Waals surface area contributed by atoms with Crippen LogP contribution in [0, 0.1) is 27.7 Å². The zero-order valence-corrected chi connectivity index (χ0v) is 11.1. The van der Waals surface area contributed by atoms with Crippen LogP contribution in [0.5, 0.6) is 0 Å². The third-order valence-electron chi connectivity index (χ3n) is 2.40. The molecular formula is C12H15F2N3O3. The quantitative estimate of drug-likeness (QED) is 0.619. The molecule has 0 radical (unpaired) electrons. The molecule has 0 aliphatic carbocycles. The Morgan fingerprint density at radius 3 is 2.60 bits per heavy atom. The van der Waals surface area contributed by atoms with Gasteiger partial charge in [0.15, 0.2) is 17.3 Å². The predicted octanol–water partition coefficient (Wildman–Crippen LogP) is 2.06. The number of nitro groups is 1. The van der Waals surface area contributed by atoms with Crippen molar-refractivity contribution in [3.63, 3.8) is 0 Å². The number of carbonyl (C=O) groups is 1. The molecule has 2 N–H and O–H groups in total. The first-order valence-electron chi connectivity index (χ1n) is 5.96. The van der Waals surface area contributed by atoms with Crippen LogP contribution in [0.25, 0.3) is 0 Å². The number of hydrogen-bond donors (Lipinski definition) is 2. The van der Waals surface area contributed by atoms with Crippen molar-refractivity contribution in [2.75, 3.05) is 18.4 Å². The smallest absolute Gasteiger partial charge is 0.295 e. The number of anilines is 1. The van der Waals surface area contributed by atoms with Crippen molar-refractivity contribution in [3.8, 4) is 0 Å². The Kier molecular flexibility index (Phi) is 5.36. The SMILES string of the molecule is CC(C)CNC(=O)CNc1c([N+](=O)[O-])ccc(F)c1F. The number of nitro benzene ring substituents is 1. The monoisotopic (exact) mass is 287 g/mol. The minimum atomic E-state index is -1.38. The first-order valence-corrected chi connectivity index (χ1v) is 5.96. The number of rotatable bonds is 6. The van der Waals surface area contributed by atoms with E-state index in [1.54, 1.807) is 0 Å². The summed E-state index contributed by atoms with van der Waals surface area (Å²) in [5, 5.41) is 15.5. The minimum absolute atomic E-state index is 0.235. The molecule has 0 saturated carbocycles. The molecule has 8 heteroatoms. The highest BCUT2D eigenvalue weighted by atomic mass is 19.2. The lowest BCUT2D eigenvalue weighted by molar-refractivity contribution is -0.384. The van der Waals surface area contributed by atoms with Gasteiger partial charge in [0.05, 0.1) is 11.5 Å². The summed E-state index contributed by atoms with van der Waals surface area (Å²) in [5.74, 6) is -2.83. The maximum absolute atomic E-state index is 13.5. The van der Waals surface area contributed by atoms with Gasteiger partial charge in [-0.2, -0.15) is 0 Å². The van der Waals surface area contributed by atoms with Gasteiger partial charge in [-0.05, 0) is 12.0 Å². The summed E-state index contributed by atoms with van der Waals surface area (Å²) in [7, 11) is 0. The highest BCUT2D eigenvalue weighted by Gasteiger charge is 2.21.